The van der Waals surface area contributed by atoms with Crippen LogP contribution in [0.25, 0.3) is 0 Å². The van der Waals surface area contributed by atoms with Gasteiger partial charge in [0.05, 0.1) is 11.4 Å². The van der Waals surface area contributed by atoms with Crippen LogP contribution in [0.15, 0.2) is 6.20 Å². The summed E-state index contributed by atoms with van der Waals surface area (Å²) in [5.74, 6) is 1.68. The van der Waals surface area contributed by atoms with E-state index in [1.807, 2.05) is 17.8 Å². The van der Waals surface area contributed by atoms with E-state index in [1.165, 1.54) is 12.8 Å². The van der Waals surface area contributed by atoms with E-state index >= 15 is 0 Å². The smallest absolute Gasteiger partial charge is 0.0822 e. The fraction of sp³-hybridized carbons (Fsp3) is 0.700. The van der Waals surface area contributed by atoms with Crippen LogP contribution in [0.2, 0.25) is 0 Å². The molecule has 1 aromatic rings. The van der Waals surface area contributed by atoms with Crippen molar-refractivity contribution in [3.63, 3.8) is 0 Å². The summed E-state index contributed by atoms with van der Waals surface area (Å²) in [7, 11) is 0. The van der Waals surface area contributed by atoms with Gasteiger partial charge in [-0.3, -0.25) is 4.68 Å². The SMILES string of the molecule is Cc1nn(CC(C)C2CC2)cc1N. The van der Waals surface area contributed by atoms with E-state index in [0.29, 0.717) is 0 Å². The predicted octanol–water partition coefficient (Wildman–Crippen LogP) is 1.82. The number of aryl methyl sites for hydroxylation is 1. The second-order valence-electron chi connectivity index (χ2n) is 4.21. The minimum Gasteiger partial charge on any atom is -0.396 e. The summed E-state index contributed by atoms with van der Waals surface area (Å²) in [6.45, 7) is 5.27. The standard InChI is InChI=1S/C10H17N3/c1-7(9-3-4-9)5-13-6-10(11)8(2)12-13/h6-7,9H,3-5,11H2,1-2H3. The maximum atomic E-state index is 5.72. The Labute approximate surface area is 78.9 Å². The number of anilines is 1. The molecule has 1 unspecified atom stereocenters. The highest BCUT2D eigenvalue weighted by atomic mass is 15.3. The molecule has 3 nitrogen and oxygen atoms in total. The zero-order chi connectivity index (χ0) is 9.42. The molecule has 0 aliphatic heterocycles. The summed E-state index contributed by atoms with van der Waals surface area (Å²) in [5.41, 5.74) is 7.48. The molecule has 1 heterocycles. The minimum atomic E-state index is 0.749. The first kappa shape index (κ1) is 8.60. The van der Waals surface area contributed by atoms with Gasteiger partial charge < -0.3 is 5.73 Å². The Balaban J connectivity index is 2.00. The number of nitrogens with zero attached hydrogens (tertiary/aromatic N) is 2. The van der Waals surface area contributed by atoms with Crippen molar-refractivity contribution in [1.29, 1.82) is 0 Å². The number of nitrogen functional groups attached to an aromatic ring is 1. The van der Waals surface area contributed by atoms with Crippen molar-refractivity contribution in [2.24, 2.45) is 11.8 Å². The van der Waals surface area contributed by atoms with E-state index in [-0.39, 0.29) is 0 Å². The van der Waals surface area contributed by atoms with Crippen LogP contribution in [-0.2, 0) is 6.54 Å². The molecule has 1 aliphatic carbocycles. The molecule has 0 amide bonds. The summed E-state index contributed by atoms with van der Waals surface area (Å²) in [4.78, 5) is 0. The summed E-state index contributed by atoms with van der Waals surface area (Å²) < 4.78 is 1.98. The Bertz CT molecular complexity index is 280. The lowest BCUT2D eigenvalue weighted by molar-refractivity contribution is 0.405. The van der Waals surface area contributed by atoms with Crippen molar-refractivity contribution in [1.82, 2.24) is 9.78 Å². The highest BCUT2D eigenvalue weighted by Gasteiger charge is 2.28. The van der Waals surface area contributed by atoms with Crippen LogP contribution in [-0.4, -0.2) is 9.78 Å². The van der Waals surface area contributed by atoms with Crippen LogP contribution >= 0.6 is 0 Å². The molecule has 2 rings (SSSR count). The third kappa shape index (κ3) is 1.85. The molecule has 0 spiro atoms. The van der Waals surface area contributed by atoms with Crippen molar-refractivity contribution >= 4 is 5.69 Å². The van der Waals surface area contributed by atoms with Crippen molar-refractivity contribution < 1.29 is 0 Å². The highest BCUT2D eigenvalue weighted by Crippen LogP contribution is 2.37. The molecule has 13 heavy (non-hydrogen) atoms. The molecule has 0 saturated heterocycles. The summed E-state index contributed by atoms with van der Waals surface area (Å²) in [6.07, 6.45) is 4.74. The van der Waals surface area contributed by atoms with Crippen LogP contribution in [0.3, 0.4) is 0 Å². The number of aromatic nitrogens is 2. The van der Waals surface area contributed by atoms with Crippen molar-refractivity contribution in [2.45, 2.75) is 33.2 Å². The summed E-state index contributed by atoms with van der Waals surface area (Å²) in [5, 5.41) is 4.35. The number of nitrogens with two attached hydrogens (primary N) is 1. The van der Waals surface area contributed by atoms with Gasteiger partial charge >= 0.3 is 0 Å². The molecular weight excluding hydrogens is 162 g/mol. The van der Waals surface area contributed by atoms with Gasteiger partial charge in [-0.05, 0) is 31.6 Å². The van der Waals surface area contributed by atoms with E-state index in [4.69, 9.17) is 5.73 Å². The van der Waals surface area contributed by atoms with Crippen LogP contribution < -0.4 is 5.73 Å². The normalized spacial score (nSPS) is 18.9. The lowest BCUT2D eigenvalue weighted by Gasteiger charge is -2.08. The van der Waals surface area contributed by atoms with Crippen molar-refractivity contribution in [3.05, 3.63) is 11.9 Å². The topological polar surface area (TPSA) is 43.8 Å². The third-order valence-electron chi connectivity index (χ3n) is 2.89. The molecule has 1 fully saturated rings. The third-order valence-corrected chi connectivity index (χ3v) is 2.89. The summed E-state index contributed by atoms with van der Waals surface area (Å²) in [6, 6.07) is 0. The first-order valence-corrected chi connectivity index (χ1v) is 4.96. The Morgan fingerprint density at radius 2 is 2.38 bits per heavy atom. The molecule has 0 radical (unpaired) electrons. The zero-order valence-electron chi connectivity index (χ0n) is 8.33. The second kappa shape index (κ2) is 3.05. The lowest BCUT2D eigenvalue weighted by atomic mass is 10.1. The number of hydrogen-bond acceptors (Lipinski definition) is 2. The van der Waals surface area contributed by atoms with Gasteiger partial charge in [0, 0.05) is 12.7 Å². The molecule has 2 N–H and O–H groups in total. The van der Waals surface area contributed by atoms with Gasteiger partial charge in [0.2, 0.25) is 0 Å². The molecule has 1 atom stereocenters. The van der Waals surface area contributed by atoms with E-state index in [0.717, 1.165) is 29.8 Å². The monoisotopic (exact) mass is 179 g/mol. The van der Waals surface area contributed by atoms with Gasteiger partial charge in [0.1, 0.15) is 0 Å². The van der Waals surface area contributed by atoms with Crippen molar-refractivity contribution in [3.8, 4) is 0 Å². The van der Waals surface area contributed by atoms with Crippen molar-refractivity contribution in [2.75, 3.05) is 5.73 Å². The Hall–Kier alpha value is -0.990. The Morgan fingerprint density at radius 3 is 2.85 bits per heavy atom. The van der Waals surface area contributed by atoms with Gasteiger partial charge in [0.15, 0.2) is 0 Å². The molecule has 1 aromatic heterocycles. The van der Waals surface area contributed by atoms with Crippen LogP contribution in [0, 0.1) is 18.8 Å². The van der Waals surface area contributed by atoms with E-state index in [2.05, 4.69) is 12.0 Å². The maximum Gasteiger partial charge on any atom is 0.0822 e. The van der Waals surface area contributed by atoms with Gasteiger partial charge in [0.25, 0.3) is 0 Å². The van der Waals surface area contributed by atoms with E-state index in [9.17, 15) is 0 Å². The number of hydrogen-bond donors (Lipinski definition) is 1. The van der Waals surface area contributed by atoms with Gasteiger partial charge in [-0.2, -0.15) is 5.10 Å². The number of rotatable bonds is 3. The Kier molecular flexibility index (Phi) is 2.02. The fourth-order valence-corrected chi connectivity index (χ4v) is 1.74. The largest absolute Gasteiger partial charge is 0.396 e. The molecule has 1 saturated carbocycles. The first-order chi connectivity index (χ1) is 6.16. The highest BCUT2D eigenvalue weighted by molar-refractivity contribution is 5.39. The van der Waals surface area contributed by atoms with Crippen LogP contribution in [0.1, 0.15) is 25.5 Å². The lowest BCUT2D eigenvalue weighted by Crippen LogP contribution is -2.09. The first-order valence-electron chi connectivity index (χ1n) is 4.96. The summed E-state index contributed by atoms with van der Waals surface area (Å²) >= 11 is 0. The maximum absolute atomic E-state index is 5.72. The molecule has 0 aromatic carbocycles. The molecule has 0 bridgehead atoms. The molecule has 72 valence electrons. The zero-order valence-corrected chi connectivity index (χ0v) is 8.33. The van der Waals surface area contributed by atoms with Gasteiger partial charge in [-0.15, -0.1) is 0 Å². The minimum absolute atomic E-state index is 0.749. The van der Waals surface area contributed by atoms with Gasteiger partial charge in [-0.25, -0.2) is 0 Å². The molecule has 1 aliphatic rings. The average molecular weight is 179 g/mol. The molecular formula is C10H17N3. The second-order valence-corrected chi connectivity index (χ2v) is 4.21. The quantitative estimate of drug-likeness (QED) is 0.769. The van der Waals surface area contributed by atoms with E-state index < -0.39 is 0 Å². The van der Waals surface area contributed by atoms with Gasteiger partial charge in [-0.1, -0.05) is 6.92 Å². The molecule has 3 heteroatoms. The van der Waals surface area contributed by atoms with Crippen LogP contribution in [0.4, 0.5) is 5.69 Å². The van der Waals surface area contributed by atoms with E-state index in [1.54, 1.807) is 0 Å². The predicted molar refractivity (Wildman–Crippen MR) is 53.3 cm³/mol. The Morgan fingerprint density at radius 1 is 1.69 bits per heavy atom. The van der Waals surface area contributed by atoms with Crippen LogP contribution in [0.5, 0.6) is 0 Å². The average Bonchev–Trinajstić information content (AvgIpc) is 2.81. The fourth-order valence-electron chi connectivity index (χ4n) is 1.74.